The zero-order valence-electron chi connectivity index (χ0n) is 16.9. The molecule has 1 aliphatic heterocycles. The summed E-state index contributed by atoms with van der Waals surface area (Å²) in [5.74, 6) is 1.53. The minimum absolute atomic E-state index is 0.124. The number of fused-ring (bicyclic) bond motifs is 1. The minimum Gasteiger partial charge on any atom is -0.497 e. The van der Waals surface area contributed by atoms with E-state index in [0.717, 1.165) is 30.5 Å². The van der Waals surface area contributed by atoms with Crippen molar-refractivity contribution in [2.75, 3.05) is 37.5 Å². The summed E-state index contributed by atoms with van der Waals surface area (Å²) in [6.45, 7) is 1.40. The molecule has 6 nitrogen and oxygen atoms in total. The molecule has 0 saturated carbocycles. The first-order valence-electron chi connectivity index (χ1n) is 9.86. The van der Waals surface area contributed by atoms with Gasteiger partial charge < -0.3 is 19.7 Å². The number of rotatable bonds is 6. The fourth-order valence-corrected chi connectivity index (χ4v) is 3.83. The molecular weight excluding hydrogens is 390 g/mol. The molecule has 1 aliphatic rings. The zero-order valence-corrected chi connectivity index (χ0v) is 16.9. The Morgan fingerprint density at radius 3 is 2.50 bits per heavy atom. The van der Waals surface area contributed by atoms with E-state index in [1.165, 1.54) is 0 Å². The Morgan fingerprint density at radius 1 is 1.07 bits per heavy atom. The molecule has 158 valence electrons. The van der Waals surface area contributed by atoms with Crippen molar-refractivity contribution < 1.29 is 18.3 Å². The smallest absolute Gasteiger partial charge is 0.297 e. The Kier molecular flexibility index (Phi) is 5.83. The summed E-state index contributed by atoms with van der Waals surface area (Å²) >= 11 is 0. The molecule has 0 aliphatic carbocycles. The molecule has 1 saturated heterocycles. The number of ether oxygens (including phenoxy) is 2. The van der Waals surface area contributed by atoms with Crippen LogP contribution >= 0.6 is 0 Å². The van der Waals surface area contributed by atoms with Gasteiger partial charge in [0.2, 0.25) is 0 Å². The van der Waals surface area contributed by atoms with Gasteiger partial charge in [-0.05, 0) is 25.0 Å². The second-order valence-electron chi connectivity index (χ2n) is 7.25. The summed E-state index contributed by atoms with van der Waals surface area (Å²) in [4.78, 5) is 10.3. The van der Waals surface area contributed by atoms with Crippen molar-refractivity contribution >= 4 is 22.4 Å². The van der Waals surface area contributed by atoms with Crippen LogP contribution in [0.2, 0.25) is 0 Å². The predicted molar refractivity (Wildman–Crippen MR) is 113 cm³/mol. The normalized spacial score (nSPS) is 16.7. The van der Waals surface area contributed by atoms with E-state index in [-0.39, 0.29) is 6.04 Å². The van der Waals surface area contributed by atoms with E-state index >= 15 is 0 Å². The maximum atomic E-state index is 13.4. The standard InChI is InChI=1S/C22H24F2N4O2/c1-29-16-10-15(11-17(12-16)30-2)25-14-6-5-9-28(13-14)22-18-7-3-4-8-19(18)26-21(27-22)20(23)24/h3-4,7-8,10-12,14,20,25H,5-6,9,13H2,1-2H3. The number of para-hydroxylation sites is 1. The molecule has 4 rings (SSSR count). The highest BCUT2D eigenvalue weighted by molar-refractivity contribution is 5.89. The van der Waals surface area contributed by atoms with Gasteiger partial charge >= 0.3 is 0 Å². The van der Waals surface area contributed by atoms with Gasteiger partial charge in [-0.1, -0.05) is 12.1 Å². The van der Waals surface area contributed by atoms with Gasteiger partial charge in [0.15, 0.2) is 5.82 Å². The van der Waals surface area contributed by atoms with E-state index in [4.69, 9.17) is 9.47 Å². The average molecular weight is 414 g/mol. The Labute approximate surface area is 173 Å². The Balaban J connectivity index is 1.60. The number of nitrogens with one attached hydrogen (secondary N) is 1. The number of methoxy groups -OCH3 is 2. The summed E-state index contributed by atoms with van der Waals surface area (Å²) < 4.78 is 37.4. The monoisotopic (exact) mass is 414 g/mol. The molecule has 1 fully saturated rings. The molecule has 0 radical (unpaired) electrons. The van der Waals surface area contributed by atoms with Gasteiger partial charge in [-0.25, -0.2) is 18.7 Å². The number of hydrogen-bond acceptors (Lipinski definition) is 6. The van der Waals surface area contributed by atoms with Crippen LogP contribution in [0.15, 0.2) is 42.5 Å². The van der Waals surface area contributed by atoms with Crippen molar-refractivity contribution in [3.8, 4) is 11.5 Å². The summed E-state index contributed by atoms with van der Waals surface area (Å²) in [5, 5.41) is 4.31. The van der Waals surface area contributed by atoms with Crippen LogP contribution in [0.5, 0.6) is 11.5 Å². The van der Waals surface area contributed by atoms with Crippen molar-refractivity contribution in [2.24, 2.45) is 0 Å². The van der Waals surface area contributed by atoms with Crippen molar-refractivity contribution in [1.82, 2.24) is 9.97 Å². The first kappa shape index (κ1) is 20.1. The summed E-state index contributed by atoms with van der Waals surface area (Å²) in [6, 6.07) is 13.1. The third-order valence-electron chi connectivity index (χ3n) is 5.24. The number of benzene rings is 2. The lowest BCUT2D eigenvalue weighted by Crippen LogP contribution is -2.42. The van der Waals surface area contributed by atoms with Crippen LogP contribution in [-0.2, 0) is 0 Å². The highest BCUT2D eigenvalue weighted by Gasteiger charge is 2.25. The summed E-state index contributed by atoms with van der Waals surface area (Å²) in [6.07, 6.45) is -0.835. The van der Waals surface area contributed by atoms with Gasteiger partial charge in [0.1, 0.15) is 17.3 Å². The van der Waals surface area contributed by atoms with E-state index in [1.807, 2.05) is 30.3 Å². The lowest BCUT2D eigenvalue weighted by atomic mass is 10.0. The second kappa shape index (κ2) is 8.69. The number of alkyl halides is 2. The second-order valence-corrected chi connectivity index (χ2v) is 7.25. The van der Waals surface area contributed by atoms with Crippen molar-refractivity contribution in [1.29, 1.82) is 0 Å². The van der Waals surface area contributed by atoms with Crippen LogP contribution in [-0.4, -0.2) is 43.3 Å². The number of piperidine rings is 1. The van der Waals surface area contributed by atoms with Gasteiger partial charge in [-0.15, -0.1) is 0 Å². The number of anilines is 2. The van der Waals surface area contributed by atoms with Crippen LogP contribution in [0.25, 0.3) is 10.9 Å². The SMILES string of the molecule is COc1cc(NC2CCCN(c3nc(C(F)F)nc4ccccc34)C2)cc(OC)c1. The van der Waals surface area contributed by atoms with E-state index in [2.05, 4.69) is 20.2 Å². The average Bonchev–Trinajstić information content (AvgIpc) is 2.78. The molecular formula is C22H24F2N4O2. The topological polar surface area (TPSA) is 59.5 Å². The molecule has 0 bridgehead atoms. The van der Waals surface area contributed by atoms with Crippen LogP contribution in [0.1, 0.15) is 25.1 Å². The largest absolute Gasteiger partial charge is 0.497 e. The first-order valence-corrected chi connectivity index (χ1v) is 9.86. The minimum atomic E-state index is -2.71. The zero-order chi connectivity index (χ0) is 21.1. The molecule has 1 atom stereocenters. The molecule has 30 heavy (non-hydrogen) atoms. The Bertz CT molecular complexity index is 1010. The molecule has 0 spiro atoms. The Hall–Kier alpha value is -3.16. The lowest BCUT2D eigenvalue weighted by Gasteiger charge is -2.35. The molecule has 1 N–H and O–H groups in total. The Morgan fingerprint density at radius 2 is 1.80 bits per heavy atom. The lowest BCUT2D eigenvalue weighted by molar-refractivity contribution is 0.141. The van der Waals surface area contributed by atoms with Crippen LogP contribution in [0, 0.1) is 0 Å². The van der Waals surface area contributed by atoms with Crippen LogP contribution in [0.3, 0.4) is 0 Å². The van der Waals surface area contributed by atoms with Crippen LogP contribution < -0.4 is 19.7 Å². The first-order chi connectivity index (χ1) is 14.6. The van der Waals surface area contributed by atoms with Gasteiger partial charge in [0.05, 0.1) is 19.7 Å². The molecule has 2 aromatic carbocycles. The molecule has 1 aromatic heterocycles. The van der Waals surface area contributed by atoms with E-state index < -0.39 is 12.2 Å². The number of hydrogen-bond donors (Lipinski definition) is 1. The highest BCUT2D eigenvalue weighted by atomic mass is 19.3. The molecule has 0 amide bonds. The van der Waals surface area contributed by atoms with Gasteiger partial charge in [0.25, 0.3) is 6.43 Å². The van der Waals surface area contributed by atoms with Crippen molar-refractivity contribution in [2.45, 2.75) is 25.3 Å². The number of halogens is 2. The number of aromatic nitrogens is 2. The third-order valence-corrected chi connectivity index (χ3v) is 5.24. The highest BCUT2D eigenvalue weighted by Crippen LogP contribution is 2.31. The molecule has 1 unspecified atom stereocenters. The fourth-order valence-electron chi connectivity index (χ4n) is 3.83. The van der Waals surface area contributed by atoms with Crippen molar-refractivity contribution in [3.05, 3.63) is 48.3 Å². The molecule has 8 heteroatoms. The van der Waals surface area contributed by atoms with Gasteiger partial charge in [-0.3, -0.25) is 0 Å². The fraction of sp³-hybridized carbons (Fsp3) is 0.364. The van der Waals surface area contributed by atoms with Crippen molar-refractivity contribution in [3.63, 3.8) is 0 Å². The maximum Gasteiger partial charge on any atom is 0.297 e. The molecule has 2 heterocycles. The molecule has 3 aromatic rings. The maximum absolute atomic E-state index is 13.4. The van der Waals surface area contributed by atoms with Gasteiger partial charge in [0, 0.05) is 48.4 Å². The van der Waals surface area contributed by atoms with E-state index in [1.54, 1.807) is 26.4 Å². The van der Waals surface area contributed by atoms with E-state index in [9.17, 15) is 8.78 Å². The summed E-state index contributed by atoms with van der Waals surface area (Å²) in [5.41, 5.74) is 1.42. The van der Waals surface area contributed by atoms with Crippen LogP contribution in [0.4, 0.5) is 20.3 Å². The quantitative estimate of drug-likeness (QED) is 0.633. The predicted octanol–water partition coefficient (Wildman–Crippen LogP) is 4.67. The number of nitrogens with zero attached hydrogens (tertiary/aromatic N) is 3. The third kappa shape index (κ3) is 4.22. The van der Waals surface area contributed by atoms with Gasteiger partial charge in [-0.2, -0.15) is 0 Å². The summed E-state index contributed by atoms with van der Waals surface area (Å²) in [7, 11) is 3.23. The van der Waals surface area contributed by atoms with E-state index in [0.29, 0.717) is 29.4 Å².